The Morgan fingerprint density at radius 1 is 1.39 bits per heavy atom. The van der Waals surface area contributed by atoms with Gasteiger partial charge < -0.3 is 10.1 Å². The Morgan fingerprint density at radius 2 is 2.17 bits per heavy atom. The molecule has 18 heavy (non-hydrogen) atoms. The van der Waals surface area contributed by atoms with Crippen LogP contribution in [0.5, 0.6) is 0 Å². The standard InChI is InChI=1S/C14H16N2O2/c15-9-12-6-7-13(8-12)16-14(17)18-10-11-4-2-1-3-5-11/h1-5,12-13H,6-8,10H2,(H,16,17)/t12-,13+/m0/s1. The number of carbonyl (C=O) groups is 1. The molecule has 4 heteroatoms. The first-order chi connectivity index (χ1) is 8.78. The molecule has 1 fully saturated rings. The molecule has 0 heterocycles. The fourth-order valence-corrected chi connectivity index (χ4v) is 2.16. The monoisotopic (exact) mass is 244 g/mol. The van der Waals surface area contributed by atoms with E-state index in [-0.39, 0.29) is 18.6 Å². The molecule has 0 spiro atoms. The fourth-order valence-electron chi connectivity index (χ4n) is 2.16. The highest BCUT2D eigenvalue weighted by Gasteiger charge is 2.25. The number of rotatable bonds is 3. The number of carbonyl (C=O) groups excluding carboxylic acids is 1. The number of nitriles is 1. The minimum Gasteiger partial charge on any atom is -0.445 e. The average molecular weight is 244 g/mol. The SMILES string of the molecule is N#C[C@H]1CC[C@@H](NC(=O)OCc2ccccc2)C1. The molecule has 1 saturated carbocycles. The molecule has 2 rings (SSSR count). The maximum absolute atomic E-state index is 11.6. The van der Waals surface area contributed by atoms with E-state index >= 15 is 0 Å². The second kappa shape index (κ2) is 6.06. The van der Waals surface area contributed by atoms with Crippen molar-refractivity contribution in [2.24, 2.45) is 5.92 Å². The Morgan fingerprint density at radius 3 is 2.83 bits per heavy atom. The maximum atomic E-state index is 11.6. The molecule has 1 aromatic carbocycles. The first-order valence-electron chi connectivity index (χ1n) is 6.15. The first kappa shape index (κ1) is 12.4. The lowest BCUT2D eigenvalue weighted by atomic mass is 10.1. The average Bonchev–Trinajstić information content (AvgIpc) is 2.85. The summed E-state index contributed by atoms with van der Waals surface area (Å²) in [4.78, 5) is 11.6. The minimum absolute atomic E-state index is 0.0735. The van der Waals surface area contributed by atoms with Gasteiger partial charge in [0.15, 0.2) is 0 Å². The van der Waals surface area contributed by atoms with E-state index in [0.29, 0.717) is 0 Å². The smallest absolute Gasteiger partial charge is 0.407 e. The highest BCUT2D eigenvalue weighted by atomic mass is 16.5. The van der Waals surface area contributed by atoms with Crippen LogP contribution in [0.25, 0.3) is 0 Å². The number of benzene rings is 1. The van der Waals surface area contributed by atoms with E-state index in [2.05, 4.69) is 11.4 Å². The number of hydrogen-bond acceptors (Lipinski definition) is 3. The fraction of sp³-hybridized carbons (Fsp3) is 0.429. The molecule has 4 nitrogen and oxygen atoms in total. The molecular formula is C14H16N2O2. The van der Waals surface area contributed by atoms with Crippen molar-refractivity contribution >= 4 is 6.09 Å². The molecule has 1 N–H and O–H groups in total. The highest BCUT2D eigenvalue weighted by Crippen LogP contribution is 2.24. The Balaban J connectivity index is 1.72. The van der Waals surface area contributed by atoms with E-state index in [0.717, 1.165) is 24.8 Å². The van der Waals surface area contributed by atoms with Crippen LogP contribution in [0.2, 0.25) is 0 Å². The lowest BCUT2D eigenvalue weighted by Crippen LogP contribution is -2.33. The van der Waals surface area contributed by atoms with E-state index in [1.54, 1.807) is 0 Å². The molecule has 1 aliphatic rings. The molecular weight excluding hydrogens is 228 g/mol. The van der Waals surface area contributed by atoms with Crippen LogP contribution in [0.1, 0.15) is 24.8 Å². The molecule has 0 saturated heterocycles. The van der Waals surface area contributed by atoms with Gasteiger partial charge in [0.1, 0.15) is 6.61 Å². The Kier molecular flexibility index (Phi) is 4.19. The minimum atomic E-state index is -0.401. The van der Waals surface area contributed by atoms with E-state index in [1.807, 2.05) is 30.3 Å². The summed E-state index contributed by atoms with van der Waals surface area (Å²) in [6.45, 7) is 0.279. The molecule has 94 valence electrons. The number of alkyl carbamates (subject to hydrolysis) is 1. The molecule has 0 bridgehead atoms. The van der Waals surface area contributed by atoms with Gasteiger partial charge in [0.2, 0.25) is 0 Å². The predicted octanol–water partition coefficient (Wildman–Crippen LogP) is 2.61. The van der Waals surface area contributed by atoms with Crippen LogP contribution < -0.4 is 5.32 Å². The highest BCUT2D eigenvalue weighted by molar-refractivity contribution is 5.67. The lowest BCUT2D eigenvalue weighted by Gasteiger charge is -2.12. The van der Waals surface area contributed by atoms with Crippen LogP contribution in [0.4, 0.5) is 4.79 Å². The second-order valence-corrected chi connectivity index (χ2v) is 4.54. The van der Waals surface area contributed by atoms with E-state index in [9.17, 15) is 4.79 Å². The van der Waals surface area contributed by atoms with Gasteiger partial charge in [-0.05, 0) is 24.8 Å². The van der Waals surface area contributed by atoms with Crippen molar-refractivity contribution in [3.8, 4) is 6.07 Å². The van der Waals surface area contributed by atoms with Crippen molar-refractivity contribution in [3.63, 3.8) is 0 Å². The van der Waals surface area contributed by atoms with Crippen molar-refractivity contribution in [2.45, 2.75) is 31.9 Å². The van der Waals surface area contributed by atoms with Gasteiger partial charge in [-0.15, -0.1) is 0 Å². The second-order valence-electron chi connectivity index (χ2n) is 4.54. The van der Waals surface area contributed by atoms with Gasteiger partial charge in [0.05, 0.1) is 6.07 Å². The van der Waals surface area contributed by atoms with Crippen LogP contribution >= 0.6 is 0 Å². The summed E-state index contributed by atoms with van der Waals surface area (Å²) in [5.41, 5.74) is 0.967. The molecule has 0 aromatic heterocycles. The number of nitrogens with one attached hydrogen (secondary N) is 1. The van der Waals surface area contributed by atoms with E-state index < -0.39 is 6.09 Å². The zero-order valence-corrected chi connectivity index (χ0v) is 10.1. The number of hydrogen-bond donors (Lipinski definition) is 1. The molecule has 0 unspecified atom stereocenters. The summed E-state index contributed by atoms with van der Waals surface area (Å²) in [6.07, 6.45) is 2.05. The largest absolute Gasteiger partial charge is 0.445 e. The Hall–Kier alpha value is -2.02. The van der Waals surface area contributed by atoms with Gasteiger partial charge in [-0.2, -0.15) is 5.26 Å². The summed E-state index contributed by atoms with van der Waals surface area (Å²) < 4.78 is 5.13. The van der Waals surface area contributed by atoms with Gasteiger partial charge in [-0.25, -0.2) is 4.79 Å². The topological polar surface area (TPSA) is 62.1 Å². The normalized spacial score (nSPS) is 22.2. The number of nitrogens with zero attached hydrogens (tertiary/aromatic N) is 1. The summed E-state index contributed by atoms with van der Waals surface area (Å²) in [6, 6.07) is 11.9. The van der Waals surface area contributed by atoms with Crippen molar-refractivity contribution in [1.82, 2.24) is 5.32 Å². The van der Waals surface area contributed by atoms with Crippen molar-refractivity contribution in [3.05, 3.63) is 35.9 Å². The van der Waals surface area contributed by atoms with Crippen LogP contribution in [0.15, 0.2) is 30.3 Å². The van der Waals surface area contributed by atoms with Gasteiger partial charge in [-0.3, -0.25) is 0 Å². The quantitative estimate of drug-likeness (QED) is 0.889. The summed E-state index contributed by atoms with van der Waals surface area (Å²) >= 11 is 0. The maximum Gasteiger partial charge on any atom is 0.407 e. The third kappa shape index (κ3) is 3.49. The first-order valence-corrected chi connectivity index (χ1v) is 6.15. The van der Waals surface area contributed by atoms with Crippen LogP contribution in [0, 0.1) is 17.2 Å². The zero-order chi connectivity index (χ0) is 12.8. The van der Waals surface area contributed by atoms with E-state index in [4.69, 9.17) is 10.00 Å². The van der Waals surface area contributed by atoms with Crippen LogP contribution in [0.3, 0.4) is 0 Å². The predicted molar refractivity (Wildman–Crippen MR) is 66.5 cm³/mol. The van der Waals surface area contributed by atoms with Crippen molar-refractivity contribution in [2.75, 3.05) is 0 Å². The third-order valence-corrected chi connectivity index (χ3v) is 3.15. The lowest BCUT2D eigenvalue weighted by molar-refractivity contribution is 0.135. The third-order valence-electron chi connectivity index (χ3n) is 3.15. The molecule has 1 aromatic rings. The van der Waals surface area contributed by atoms with Gasteiger partial charge in [0.25, 0.3) is 0 Å². The number of ether oxygens (including phenoxy) is 1. The van der Waals surface area contributed by atoms with Crippen LogP contribution in [-0.4, -0.2) is 12.1 Å². The molecule has 0 aliphatic heterocycles. The summed E-state index contributed by atoms with van der Waals surface area (Å²) in [5, 5.41) is 11.6. The molecule has 1 aliphatic carbocycles. The number of amides is 1. The Bertz CT molecular complexity index is 439. The van der Waals surface area contributed by atoms with Gasteiger partial charge in [0, 0.05) is 12.0 Å². The zero-order valence-electron chi connectivity index (χ0n) is 10.1. The van der Waals surface area contributed by atoms with Gasteiger partial charge in [-0.1, -0.05) is 30.3 Å². The van der Waals surface area contributed by atoms with Crippen molar-refractivity contribution < 1.29 is 9.53 Å². The summed E-state index contributed by atoms with van der Waals surface area (Å²) in [5.74, 6) is 0.0735. The molecule has 2 atom stereocenters. The summed E-state index contributed by atoms with van der Waals surface area (Å²) in [7, 11) is 0. The molecule has 0 radical (unpaired) electrons. The van der Waals surface area contributed by atoms with E-state index in [1.165, 1.54) is 0 Å². The molecule has 1 amide bonds. The van der Waals surface area contributed by atoms with Gasteiger partial charge >= 0.3 is 6.09 Å². The van der Waals surface area contributed by atoms with Crippen molar-refractivity contribution in [1.29, 1.82) is 5.26 Å². The van der Waals surface area contributed by atoms with Crippen LogP contribution in [-0.2, 0) is 11.3 Å². The Labute approximate surface area is 107 Å².